The number of nitrogens with zero attached hydrogens (tertiary/aromatic N) is 1. The van der Waals surface area contributed by atoms with Crippen LogP contribution in [0.25, 0.3) is 0 Å². The summed E-state index contributed by atoms with van der Waals surface area (Å²) in [6.45, 7) is 2.07. The van der Waals surface area contributed by atoms with Crippen molar-refractivity contribution in [3.05, 3.63) is 69.9 Å². The third-order valence-corrected chi connectivity index (χ3v) is 6.95. The molecule has 0 saturated carbocycles. The highest BCUT2D eigenvalue weighted by Crippen LogP contribution is 2.34. The predicted molar refractivity (Wildman–Crippen MR) is 124 cm³/mol. The van der Waals surface area contributed by atoms with Crippen molar-refractivity contribution in [2.75, 3.05) is 13.7 Å². The molecule has 1 aliphatic heterocycles. The molecule has 1 saturated heterocycles. The highest BCUT2D eigenvalue weighted by molar-refractivity contribution is 7.13. The SMILES string of the molecule is COC(=O)c1ccc(CCCN2C(=O)C(F)(F)CC2C=C[C@@H](O)[C@H](C)Cc2ccccc2)s1. The van der Waals surface area contributed by atoms with Gasteiger partial charge in [-0.3, -0.25) is 4.79 Å². The second-order valence-electron chi connectivity index (χ2n) is 8.38. The topological polar surface area (TPSA) is 66.8 Å². The Labute approximate surface area is 196 Å². The molecule has 178 valence electrons. The molecule has 1 fully saturated rings. The van der Waals surface area contributed by atoms with Crippen molar-refractivity contribution in [2.45, 2.75) is 50.7 Å². The van der Waals surface area contributed by atoms with Gasteiger partial charge in [-0.15, -0.1) is 11.3 Å². The highest BCUT2D eigenvalue weighted by Gasteiger charge is 2.52. The highest BCUT2D eigenvalue weighted by atomic mass is 32.1. The first-order chi connectivity index (χ1) is 15.7. The Bertz CT molecular complexity index is 976. The van der Waals surface area contributed by atoms with Crippen LogP contribution in [0, 0.1) is 5.92 Å². The number of alkyl halides is 2. The van der Waals surface area contributed by atoms with Crippen LogP contribution < -0.4 is 0 Å². The molecule has 1 amide bonds. The number of carbonyl (C=O) groups excluding carboxylic acids is 2. The predicted octanol–water partition coefficient (Wildman–Crippen LogP) is 4.50. The van der Waals surface area contributed by atoms with Crippen molar-refractivity contribution >= 4 is 23.2 Å². The van der Waals surface area contributed by atoms with Gasteiger partial charge in [0.05, 0.1) is 19.3 Å². The molecule has 2 aromatic rings. The molecule has 3 atom stereocenters. The third-order valence-electron chi connectivity index (χ3n) is 5.82. The van der Waals surface area contributed by atoms with E-state index in [-0.39, 0.29) is 12.5 Å². The second-order valence-corrected chi connectivity index (χ2v) is 9.55. The van der Waals surface area contributed by atoms with Crippen LogP contribution in [-0.4, -0.2) is 53.6 Å². The van der Waals surface area contributed by atoms with Gasteiger partial charge in [0, 0.05) is 17.8 Å². The first kappa shape index (κ1) is 25.1. The number of benzene rings is 1. The van der Waals surface area contributed by atoms with Crippen LogP contribution in [0.15, 0.2) is 54.6 Å². The lowest BCUT2D eigenvalue weighted by molar-refractivity contribution is -0.148. The normalized spacial score (nSPS) is 19.7. The molecule has 1 unspecified atom stereocenters. The number of likely N-dealkylation sites (tertiary alicyclic amines) is 1. The van der Waals surface area contributed by atoms with Crippen LogP contribution in [0.1, 0.15) is 39.9 Å². The maximum absolute atomic E-state index is 14.2. The number of hydrogen-bond acceptors (Lipinski definition) is 5. The quantitative estimate of drug-likeness (QED) is 0.404. The zero-order chi connectivity index (χ0) is 24.0. The first-order valence-electron chi connectivity index (χ1n) is 11.0. The van der Waals surface area contributed by atoms with Gasteiger partial charge >= 0.3 is 11.9 Å². The number of aliphatic hydroxyl groups is 1. The van der Waals surface area contributed by atoms with E-state index in [1.807, 2.05) is 37.3 Å². The molecular formula is C25H29F2NO4S. The Hall–Kier alpha value is -2.58. The van der Waals surface area contributed by atoms with Crippen LogP contribution in [0.3, 0.4) is 0 Å². The van der Waals surface area contributed by atoms with Gasteiger partial charge in [-0.05, 0) is 42.9 Å². The smallest absolute Gasteiger partial charge is 0.348 e. The summed E-state index contributed by atoms with van der Waals surface area (Å²) in [5.41, 5.74) is 1.09. The summed E-state index contributed by atoms with van der Waals surface area (Å²) in [7, 11) is 1.31. The van der Waals surface area contributed by atoms with Crippen LogP contribution in [0.2, 0.25) is 0 Å². The van der Waals surface area contributed by atoms with Crippen molar-refractivity contribution in [3.8, 4) is 0 Å². The number of halogens is 2. The van der Waals surface area contributed by atoms with E-state index in [9.17, 15) is 23.5 Å². The monoisotopic (exact) mass is 477 g/mol. The summed E-state index contributed by atoms with van der Waals surface area (Å²) in [5, 5.41) is 10.5. The zero-order valence-corrected chi connectivity index (χ0v) is 19.6. The molecule has 0 aliphatic carbocycles. The van der Waals surface area contributed by atoms with Gasteiger partial charge in [0.1, 0.15) is 4.88 Å². The molecule has 1 aliphatic rings. The number of esters is 1. The Kier molecular flexibility index (Phi) is 8.37. The minimum atomic E-state index is -3.41. The molecule has 0 spiro atoms. The summed E-state index contributed by atoms with van der Waals surface area (Å²) in [5.74, 6) is -5.09. The fourth-order valence-corrected chi connectivity index (χ4v) is 4.91. The van der Waals surface area contributed by atoms with E-state index < -0.39 is 36.4 Å². The third kappa shape index (κ3) is 6.48. The fourth-order valence-electron chi connectivity index (χ4n) is 3.94. The number of hydrogen-bond donors (Lipinski definition) is 1. The standard InChI is InChI=1S/C25H29F2NO4S/c1-17(15-18-7-4-3-5-8-18)21(29)12-10-19-16-25(26,27)24(31)28(19)14-6-9-20-11-13-22(33-20)23(30)32-2/h3-5,7-8,10-13,17,19,21,29H,6,9,14-16H2,1-2H3/t17-,19?,21-/m1/s1. The van der Waals surface area contributed by atoms with Crippen LogP contribution in [-0.2, 0) is 22.4 Å². The molecule has 1 aromatic carbocycles. The molecule has 1 N–H and O–H groups in total. The number of amides is 1. The summed E-state index contributed by atoms with van der Waals surface area (Å²) in [6.07, 6.45) is 3.37. The van der Waals surface area contributed by atoms with E-state index in [1.54, 1.807) is 12.1 Å². The number of thiophene rings is 1. The van der Waals surface area contributed by atoms with Crippen molar-refractivity contribution < 1.29 is 28.2 Å². The Morgan fingerprint density at radius 3 is 2.73 bits per heavy atom. The molecule has 1 aromatic heterocycles. The van der Waals surface area contributed by atoms with Crippen molar-refractivity contribution in [3.63, 3.8) is 0 Å². The van der Waals surface area contributed by atoms with Crippen molar-refractivity contribution in [1.82, 2.24) is 4.90 Å². The maximum atomic E-state index is 14.2. The van der Waals surface area contributed by atoms with Gasteiger partial charge in [0.15, 0.2) is 0 Å². The fraction of sp³-hybridized carbons (Fsp3) is 0.440. The van der Waals surface area contributed by atoms with E-state index in [2.05, 4.69) is 4.74 Å². The average Bonchev–Trinajstić information content (AvgIpc) is 3.35. The number of aryl methyl sites for hydroxylation is 1. The van der Waals surface area contributed by atoms with E-state index >= 15 is 0 Å². The summed E-state index contributed by atoms with van der Waals surface area (Å²) in [4.78, 5) is 26.4. The molecule has 2 heterocycles. The number of carbonyl (C=O) groups is 2. The van der Waals surface area contributed by atoms with Crippen LogP contribution >= 0.6 is 11.3 Å². The van der Waals surface area contributed by atoms with E-state index in [0.717, 1.165) is 10.4 Å². The van der Waals surface area contributed by atoms with Crippen molar-refractivity contribution in [2.24, 2.45) is 5.92 Å². The van der Waals surface area contributed by atoms with Gasteiger partial charge in [-0.2, -0.15) is 8.78 Å². The molecule has 3 rings (SSSR count). The van der Waals surface area contributed by atoms with Gasteiger partial charge < -0.3 is 14.7 Å². The number of ether oxygens (including phenoxy) is 1. The largest absolute Gasteiger partial charge is 0.465 e. The first-order valence-corrected chi connectivity index (χ1v) is 11.8. The van der Waals surface area contributed by atoms with Crippen LogP contribution in [0.4, 0.5) is 8.78 Å². The summed E-state index contributed by atoms with van der Waals surface area (Å²) >= 11 is 1.29. The average molecular weight is 478 g/mol. The Morgan fingerprint density at radius 1 is 1.30 bits per heavy atom. The number of methoxy groups -OCH3 is 1. The lowest BCUT2D eigenvalue weighted by Crippen LogP contribution is -2.37. The Balaban J connectivity index is 1.58. The summed E-state index contributed by atoms with van der Waals surface area (Å²) < 4.78 is 33.0. The molecular weight excluding hydrogens is 448 g/mol. The molecule has 8 heteroatoms. The molecule has 0 bridgehead atoms. The second kappa shape index (κ2) is 11.0. The van der Waals surface area contributed by atoms with E-state index in [4.69, 9.17) is 0 Å². The number of rotatable bonds is 10. The van der Waals surface area contributed by atoms with Gasteiger partial charge in [0.25, 0.3) is 5.91 Å². The van der Waals surface area contributed by atoms with Gasteiger partial charge in [0.2, 0.25) is 0 Å². The van der Waals surface area contributed by atoms with E-state index in [0.29, 0.717) is 24.1 Å². The van der Waals surface area contributed by atoms with Gasteiger partial charge in [-0.25, -0.2) is 4.79 Å². The summed E-state index contributed by atoms with van der Waals surface area (Å²) in [6, 6.07) is 12.5. The number of aliphatic hydroxyl groups excluding tert-OH is 1. The molecule has 5 nitrogen and oxygen atoms in total. The van der Waals surface area contributed by atoms with Crippen LogP contribution in [0.5, 0.6) is 0 Å². The minimum Gasteiger partial charge on any atom is -0.465 e. The van der Waals surface area contributed by atoms with E-state index in [1.165, 1.54) is 35.5 Å². The lowest BCUT2D eigenvalue weighted by Gasteiger charge is -2.22. The van der Waals surface area contributed by atoms with Gasteiger partial charge in [-0.1, -0.05) is 49.4 Å². The maximum Gasteiger partial charge on any atom is 0.348 e. The lowest BCUT2D eigenvalue weighted by atomic mass is 9.95. The van der Waals surface area contributed by atoms with Crippen molar-refractivity contribution in [1.29, 1.82) is 0 Å². The minimum absolute atomic E-state index is 0.0995. The molecule has 33 heavy (non-hydrogen) atoms. The Morgan fingerprint density at radius 2 is 2.03 bits per heavy atom. The molecule has 0 radical (unpaired) electrons. The zero-order valence-electron chi connectivity index (χ0n) is 18.7.